The predicted molar refractivity (Wildman–Crippen MR) is 64.9 cm³/mol. The predicted octanol–water partition coefficient (Wildman–Crippen LogP) is 0.196. The van der Waals surface area contributed by atoms with Gasteiger partial charge in [-0.1, -0.05) is 13.8 Å². The van der Waals surface area contributed by atoms with Crippen LogP contribution in [0.25, 0.3) is 0 Å². The van der Waals surface area contributed by atoms with Crippen LogP contribution in [0.15, 0.2) is 6.33 Å². The number of carbonyl (C=O) groups is 1. The molecule has 3 N–H and O–H groups in total. The topological polar surface area (TPSA) is 85.8 Å². The molecule has 0 atom stereocenters. The zero-order chi connectivity index (χ0) is 12.9. The minimum Gasteiger partial charge on any atom is -0.348 e. The lowest BCUT2D eigenvalue weighted by Gasteiger charge is -2.28. The molecular formula is C11H21N5O. The zero-order valence-corrected chi connectivity index (χ0v) is 10.7. The van der Waals surface area contributed by atoms with Crippen molar-refractivity contribution in [3.05, 3.63) is 12.2 Å². The molecule has 6 heteroatoms. The van der Waals surface area contributed by atoms with Crippen LogP contribution in [-0.2, 0) is 18.4 Å². The molecule has 1 rings (SSSR count). The maximum Gasteiger partial charge on any atom is 0.227 e. The van der Waals surface area contributed by atoms with Gasteiger partial charge in [0.25, 0.3) is 0 Å². The summed E-state index contributed by atoms with van der Waals surface area (Å²) in [6.45, 7) is 4.72. The summed E-state index contributed by atoms with van der Waals surface area (Å²) < 4.78 is 1.78. The van der Waals surface area contributed by atoms with Crippen LogP contribution >= 0.6 is 0 Å². The fraction of sp³-hybridized carbons (Fsp3) is 0.727. The van der Waals surface area contributed by atoms with Crippen LogP contribution in [0.5, 0.6) is 0 Å². The van der Waals surface area contributed by atoms with Gasteiger partial charge in [-0.3, -0.25) is 4.79 Å². The molecule has 0 saturated heterocycles. The number of hydrogen-bond donors (Lipinski definition) is 2. The summed E-state index contributed by atoms with van der Waals surface area (Å²) in [6, 6.07) is 0. The molecule has 1 amide bonds. The first-order valence-corrected chi connectivity index (χ1v) is 5.91. The largest absolute Gasteiger partial charge is 0.348 e. The van der Waals surface area contributed by atoms with Gasteiger partial charge >= 0.3 is 0 Å². The standard InChI is InChI=1S/C11H21N5O/c1-4-11(5-2,7-12)10(17)13-6-9-15-14-8-16(9)3/h8H,4-7,12H2,1-3H3,(H,13,17). The molecule has 0 aromatic carbocycles. The summed E-state index contributed by atoms with van der Waals surface area (Å²) in [5.74, 6) is 0.726. The number of nitrogens with zero attached hydrogens (tertiary/aromatic N) is 3. The van der Waals surface area contributed by atoms with Gasteiger partial charge in [0.15, 0.2) is 5.82 Å². The van der Waals surface area contributed by atoms with E-state index < -0.39 is 5.41 Å². The minimum absolute atomic E-state index is 0.00648. The van der Waals surface area contributed by atoms with Gasteiger partial charge in [0.05, 0.1) is 12.0 Å². The Hall–Kier alpha value is -1.43. The first kappa shape index (κ1) is 13.6. The SMILES string of the molecule is CCC(CC)(CN)C(=O)NCc1nncn1C. The van der Waals surface area contributed by atoms with E-state index in [2.05, 4.69) is 15.5 Å². The van der Waals surface area contributed by atoms with Crippen molar-refractivity contribution in [2.24, 2.45) is 18.2 Å². The quantitative estimate of drug-likeness (QED) is 0.742. The smallest absolute Gasteiger partial charge is 0.227 e. The highest BCUT2D eigenvalue weighted by Gasteiger charge is 2.33. The maximum absolute atomic E-state index is 12.1. The number of nitrogens with one attached hydrogen (secondary N) is 1. The highest BCUT2D eigenvalue weighted by Crippen LogP contribution is 2.24. The molecule has 1 heterocycles. The fourth-order valence-electron chi connectivity index (χ4n) is 1.77. The fourth-order valence-corrected chi connectivity index (χ4v) is 1.77. The van der Waals surface area contributed by atoms with Gasteiger partial charge in [-0.05, 0) is 12.8 Å². The Morgan fingerprint density at radius 2 is 2.18 bits per heavy atom. The lowest BCUT2D eigenvalue weighted by molar-refractivity contribution is -0.131. The van der Waals surface area contributed by atoms with Gasteiger partial charge in [-0.2, -0.15) is 0 Å². The van der Waals surface area contributed by atoms with Gasteiger partial charge in [0.2, 0.25) is 5.91 Å². The number of nitrogens with two attached hydrogens (primary N) is 1. The highest BCUT2D eigenvalue weighted by molar-refractivity contribution is 5.82. The van der Waals surface area contributed by atoms with Crippen LogP contribution in [-0.4, -0.2) is 27.2 Å². The third kappa shape index (κ3) is 2.82. The van der Waals surface area contributed by atoms with Gasteiger partial charge in [-0.25, -0.2) is 0 Å². The molecule has 17 heavy (non-hydrogen) atoms. The van der Waals surface area contributed by atoms with E-state index in [9.17, 15) is 4.79 Å². The number of amides is 1. The van der Waals surface area contributed by atoms with Crippen molar-refractivity contribution in [3.8, 4) is 0 Å². The molecule has 0 radical (unpaired) electrons. The van der Waals surface area contributed by atoms with Crippen molar-refractivity contribution >= 4 is 5.91 Å². The summed E-state index contributed by atoms with van der Waals surface area (Å²) in [7, 11) is 1.84. The summed E-state index contributed by atoms with van der Waals surface area (Å²) in [6.07, 6.45) is 3.09. The summed E-state index contributed by atoms with van der Waals surface area (Å²) in [5.41, 5.74) is 5.25. The van der Waals surface area contributed by atoms with Crippen molar-refractivity contribution < 1.29 is 4.79 Å². The molecule has 6 nitrogen and oxygen atoms in total. The Balaban J connectivity index is 2.63. The molecule has 0 unspecified atom stereocenters. The van der Waals surface area contributed by atoms with E-state index in [1.54, 1.807) is 10.9 Å². The Labute approximate surface area is 102 Å². The third-order valence-corrected chi connectivity index (χ3v) is 3.44. The molecule has 0 spiro atoms. The summed E-state index contributed by atoms with van der Waals surface area (Å²) in [4.78, 5) is 12.1. The number of aryl methyl sites for hydroxylation is 1. The van der Waals surface area contributed by atoms with E-state index in [4.69, 9.17) is 5.73 Å². The Morgan fingerprint density at radius 3 is 2.59 bits per heavy atom. The summed E-state index contributed by atoms with van der Waals surface area (Å²) in [5, 5.41) is 10.6. The van der Waals surface area contributed by atoms with Crippen molar-refractivity contribution in [3.63, 3.8) is 0 Å². The van der Waals surface area contributed by atoms with E-state index in [0.717, 1.165) is 18.7 Å². The molecule has 0 aliphatic carbocycles. The van der Waals surface area contributed by atoms with Crippen molar-refractivity contribution in [2.45, 2.75) is 33.2 Å². The highest BCUT2D eigenvalue weighted by atomic mass is 16.2. The van der Waals surface area contributed by atoms with Gasteiger partial charge in [0.1, 0.15) is 6.33 Å². The number of carbonyl (C=O) groups excluding carboxylic acids is 1. The first-order valence-electron chi connectivity index (χ1n) is 5.91. The Bertz CT molecular complexity index is 361. The van der Waals surface area contributed by atoms with Crippen LogP contribution in [0.3, 0.4) is 0 Å². The van der Waals surface area contributed by atoms with Crippen molar-refractivity contribution in [2.75, 3.05) is 6.54 Å². The van der Waals surface area contributed by atoms with Crippen LogP contribution < -0.4 is 11.1 Å². The van der Waals surface area contributed by atoms with E-state index in [1.165, 1.54) is 0 Å². The lowest BCUT2D eigenvalue weighted by Crippen LogP contribution is -2.45. The molecule has 1 aromatic heterocycles. The summed E-state index contributed by atoms with van der Waals surface area (Å²) >= 11 is 0. The molecule has 1 aromatic rings. The molecule has 0 fully saturated rings. The maximum atomic E-state index is 12.1. The second-order valence-electron chi connectivity index (χ2n) is 4.23. The van der Waals surface area contributed by atoms with Crippen LogP contribution in [0.4, 0.5) is 0 Å². The molecule has 0 bridgehead atoms. The van der Waals surface area contributed by atoms with Gasteiger partial charge < -0.3 is 15.6 Å². The van der Waals surface area contributed by atoms with Gasteiger partial charge in [0, 0.05) is 13.6 Å². The van der Waals surface area contributed by atoms with E-state index >= 15 is 0 Å². The minimum atomic E-state index is -0.460. The normalized spacial score (nSPS) is 11.5. The van der Waals surface area contributed by atoms with E-state index in [0.29, 0.717) is 13.1 Å². The second kappa shape index (κ2) is 5.77. The number of aromatic nitrogens is 3. The monoisotopic (exact) mass is 239 g/mol. The zero-order valence-electron chi connectivity index (χ0n) is 10.7. The van der Waals surface area contributed by atoms with Crippen LogP contribution in [0, 0.1) is 5.41 Å². The average Bonchev–Trinajstić information content (AvgIpc) is 2.75. The van der Waals surface area contributed by atoms with E-state index in [1.807, 2.05) is 20.9 Å². The average molecular weight is 239 g/mol. The lowest BCUT2D eigenvalue weighted by atomic mass is 9.81. The molecular weight excluding hydrogens is 218 g/mol. The Kier molecular flexibility index (Phi) is 4.62. The first-order chi connectivity index (χ1) is 8.09. The van der Waals surface area contributed by atoms with Crippen LogP contribution in [0.1, 0.15) is 32.5 Å². The number of rotatable bonds is 6. The van der Waals surface area contributed by atoms with E-state index in [-0.39, 0.29) is 5.91 Å². The van der Waals surface area contributed by atoms with Crippen molar-refractivity contribution in [1.82, 2.24) is 20.1 Å². The van der Waals surface area contributed by atoms with Crippen LogP contribution in [0.2, 0.25) is 0 Å². The molecule has 0 aliphatic rings. The van der Waals surface area contributed by atoms with Gasteiger partial charge in [-0.15, -0.1) is 10.2 Å². The molecule has 96 valence electrons. The number of hydrogen-bond acceptors (Lipinski definition) is 4. The Morgan fingerprint density at radius 1 is 1.53 bits per heavy atom. The second-order valence-corrected chi connectivity index (χ2v) is 4.23. The molecule has 0 aliphatic heterocycles. The third-order valence-electron chi connectivity index (χ3n) is 3.44. The molecule has 0 saturated carbocycles. The van der Waals surface area contributed by atoms with Crippen molar-refractivity contribution in [1.29, 1.82) is 0 Å².